The first-order valence-corrected chi connectivity index (χ1v) is 25.2. The quantitative estimate of drug-likeness (QED) is 0.0346. The van der Waals surface area contributed by atoms with Gasteiger partial charge in [-0.25, -0.2) is 0 Å². The molecule has 0 radical (unpaired) electrons. The fourth-order valence-electron chi connectivity index (χ4n) is 7.64. The summed E-state index contributed by atoms with van der Waals surface area (Å²) >= 11 is 0. The summed E-state index contributed by atoms with van der Waals surface area (Å²) in [5.74, 6) is 0.777. The highest BCUT2D eigenvalue weighted by Crippen LogP contribution is 2.17. The van der Waals surface area contributed by atoms with Gasteiger partial charge in [0.1, 0.15) is 13.2 Å². The SMILES string of the molecule is CCCCCCCCCCCCCC(=O)O[C@H](COC(=O)CCCCCCCCCCCCCCCCCC(C)C)COC(=O)CCCCCCCCCC(C)C. The second-order valence-corrected chi connectivity index (χ2v) is 18.4. The third-order valence-electron chi connectivity index (χ3n) is 11.5. The molecule has 338 valence electrons. The lowest BCUT2D eigenvalue weighted by Gasteiger charge is -2.18. The monoisotopic (exact) mass is 807 g/mol. The Morgan fingerprint density at radius 3 is 0.860 bits per heavy atom. The van der Waals surface area contributed by atoms with Gasteiger partial charge in [-0.3, -0.25) is 14.4 Å². The number of carbonyl (C=O) groups is 3. The summed E-state index contributed by atoms with van der Waals surface area (Å²) in [6, 6.07) is 0. The average Bonchev–Trinajstić information content (AvgIpc) is 3.18. The molecule has 6 heteroatoms. The first-order valence-electron chi connectivity index (χ1n) is 25.2. The molecule has 0 amide bonds. The van der Waals surface area contributed by atoms with Crippen LogP contribution in [0.4, 0.5) is 0 Å². The average molecular weight is 807 g/mol. The minimum absolute atomic E-state index is 0.0643. The molecule has 6 nitrogen and oxygen atoms in total. The summed E-state index contributed by atoms with van der Waals surface area (Å²) in [5.41, 5.74) is 0. The van der Waals surface area contributed by atoms with Crippen molar-refractivity contribution >= 4 is 17.9 Å². The molecular formula is C51H98O6. The third-order valence-corrected chi connectivity index (χ3v) is 11.5. The van der Waals surface area contributed by atoms with E-state index < -0.39 is 6.10 Å². The van der Waals surface area contributed by atoms with Gasteiger partial charge in [-0.05, 0) is 31.1 Å². The number of carbonyl (C=O) groups excluding carboxylic acids is 3. The Morgan fingerprint density at radius 1 is 0.333 bits per heavy atom. The predicted octanol–water partition coefficient (Wildman–Crippen LogP) is 16.1. The van der Waals surface area contributed by atoms with E-state index >= 15 is 0 Å². The molecule has 0 aliphatic rings. The van der Waals surface area contributed by atoms with Crippen molar-refractivity contribution in [3.05, 3.63) is 0 Å². The minimum Gasteiger partial charge on any atom is -0.462 e. The number of hydrogen-bond acceptors (Lipinski definition) is 6. The molecule has 0 saturated carbocycles. The van der Waals surface area contributed by atoms with Crippen molar-refractivity contribution in [1.82, 2.24) is 0 Å². The molecule has 0 aliphatic heterocycles. The number of ether oxygens (including phenoxy) is 3. The Kier molecular flexibility index (Phi) is 42.7. The van der Waals surface area contributed by atoms with Crippen LogP contribution in [-0.4, -0.2) is 37.2 Å². The van der Waals surface area contributed by atoms with Crippen molar-refractivity contribution in [3.8, 4) is 0 Å². The summed E-state index contributed by atoms with van der Waals surface area (Å²) in [4.78, 5) is 37.8. The molecular weight excluding hydrogens is 709 g/mol. The van der Waals surface area contributed by atoms with E-state index in [1.807, 2.05) is 0 Å². The number of unbranched alkanes of at least 4 members (excludes halogenated alkanes) is 30. The molecule has 0 saturated heterocycles. The molecule has 0 heterocycles. The van der Waals surface area contributed by atoms with E-state index in [0.29, 0.717) is 19.3 Å². The van der Waals surface area contributed by atoms with Gasteiger partial charge >= 0.3 is 17.9 Å². The zero-order chi connectivity index (χ0) is 41.9. The highest BCUT2D eigenvalue weighted by Gasteiger charge is 2.19. The summed E-state index contributed by atoms with van der Waals surface area (Å²) in [7, 11) is 0. The highest BCUT2D eigenvalue weighted by molar-refractivity contribution is 5.71. The molecule has 0 N–H and O–H groups in total. The van der Waals surface area contributed by atoms with Crippen LogP contribution < -0.4 is 0 Å². The molecule has 0 unspecified atom stereocenters. The number of esters is 3. The van der Waals surface area contributed by atoms with Crippen LogP contribution in [0, 0.1) is 11.8 Å². The zero-order valence-corrected chi connectivity index (χ0v) is 39.0. The largest absolute Gasteiger partial charge is 0.462 e. The first-order chi connectivity index (χ1) is 27.7. The second-order valence-electron chi connectivity index (χ2n) is 18.4. The van der Waals surface area contributed by atoms with Crippen molar-refractivity contribution in [1.29, 1.82) is 0 Å². The predicted molar refractivity (Wildman–Crippen MR) is 243 cm³/mol. The van der Waals surface area contributed by atoms with Crippen LogP contribution in [0.5, 0.6) is 0 Å². The maximum Gasteiger partial charge on any atom is 0.306 e. The maximum absolute atomic E-state index is 12.7. The van der Waals surface area contributed by atoms with Gasteiger partial charge in [-0.15, -0.1) is 0 Å². The van der Waals surface area contributed by atoms with Gasteiger partial charge in [-0.1, -0.05) is 240 Å². The van der Waals surface area contributed by atoms with Crippen LogP contribution in [-0.2, 0) is 28.6 Å². The summed E-state index contributed by atoms with van der Waals surface area (Å²) < 4.78 is 16.8. The van der Waals surface area contributed by atoms with E-state index in [0.717, 1.165) is 69.6 Å². The third kappa shape index (κ3) is 45.3. The van der Waals surface area contributed by atoms with Crippen LogP contribution in [0.15, 0.2) is 0 Å². The summed E-state index contributed by atoms with van der Waals surface area (Å²) in [6.45, 7) is 11.3. The van der Waals surface area contributed by atoms with Crippen molar-refractivity contribution in [2.45, 2.75) is 285 Å². The lowest BCUT2D eigenvalue weighted by Crippen LogP contribution is -2.30. The second kappa shape index (κ2) is 44.0. The lowest BCUT2D eigenvalue weighted by atomic mass is 10.0. The first kappa shape index (κ1) is 55.4. The van der Waals surface area contributed by atoms with Gasteiger partial charge in [0.15, 0.2) is 6.10 Å². The molecule has 0 aromatic heterocycles. The van der Waals surface area contributed by atoms with Crippen molar-refractivity contribution in [2.24, 2.45) is 11.8 Å². The summed E-state index contributed by atoms with van der Waals surface area (Å²) in [6.07, 6.45) is 43.8. The fraction of sp³-hybridized carbons (Fsp3) is 0.941. The van der Waals surface area contributed by atoms with Crippen molar-refractivity contribution in [3.63, 3.8) is 0 Å². The Bertz CT molecular complexity index is 870. The van der Waals surface area contributed by atoms with E-state index in [2.05, 4.69) is 34.6 Å². The lowest BCUT2D eigenvalue weighted by molar-refractivity contribution is -0.167. The van der Waals surface area contributed by atoms with Gasteiger partial charge in [0.2, 0.25) is 0 Å². The van der Waals surface area contributed by atoms with E-state index in [1.165, 1.54) is 167 Å². The normalized spacial score (nSPS) is 12.1. The Labute approximate surface area is 355 Å². The van der Waals surface area contributed by atoms with Crippen LogP contribution in [0.1, 0.15) is 279 Å². The molecule has 57 heavy (non-hydrogen) atoms. The van der Waals surface area contributed by atoms with Crippen LogP contribution in [0.3, 0.4) is 0 Å². The van der Waals surface area contributed by atoms with Crippen molar-refractivity contribution in [2.75, 3.05) is 13.2 Å². The zero-order valence-electron chi connectivity index (χ0n) is 39.0. The molecule has 0 spiro atoms. The Hall–Kier alpha value is -1.59. The van der Waals surface area contributed by atoms with E-state index in [1.54, 1.807) is 0 Å². The molecule has 0 aromatic rings. The van der Waals surface area contributed by atoms with Gasteiger partial charge in [0, 0.05) is 19.3 Å². The van der Waals surface area contributed by atoms with Crippen molar-refractivity contribution < 1.29 is 28.6 Å². The van der Waals surface area contributed by atoms with Crippen LogP contribution in [0.2, 0.25) is 0 Å². The van der Waals surface area contributed by atoms with Crippen LogP contribution in [0.25, 0.3) is 0 Å². The van der Waals surface area contributed by atoms with Gasteiger partial charge < -0.3 is 14.2 Å². The van der Waals surface area contributed by atoms with Crippen LogP contribution >= 0.6 is 0 Å². The standard InChI is InChI=1S/C51H98O6/c1-6-7-8-9-10-11-17-22-27-33-38-43-51(54)57-48(45-56-50(53)42-37-32-28-23-25-30-35-40-47(4)5)44-55-49(52)41-36-31-26-21-19-16-14-12-13-15-18-20-24-29-34-39-46(2)3/h46-48H,6-45H2,1-5H3/t48-/m1/s1. The summed E-state index contributed by atoms with van der Waals surface area (Å²) in [5, 5.41) is 0. The number of rotatable bonds is 45. The van der Waals surface area contributed by atoms with E-state index in [9.17, 15) is 14.4 Å². The van der Waals surface area contributed by atoms with Gasteiger partial charge in [0.25, 0.3) is 0 Å². The van der Waals surface area contributed by atoms with Gasteiger partial charge in [-0.2, -0.15) is 0 Å². The molecule has 0 aliphatic carbocycles. The highest BCUT2D eigenvalue weighted by atomic mass is 16.6. The smallest absolute Gasteiger partial charge is 0.306 e. The van der Waals surface area contributed by atoms with E-state index in [4.69, 9.17) is 14.2 Å². The van der Waals surface area contributed by atoms with E-state index in [-0.39, 0.29) is 31.1 Å². The topological polar surface area (TPSA) is 78.9 Å². The van der Waals surface area contributed by atoms with Gasteiger partial charge in [0.05, 0.1) is 0 Å². The fourth-order valence-corrected chi connectivity index (χ4v) is 7.64. The molecule has 0 aromatic carbocycles. The molecule has 0 rings (SSSR count). The number of hydrogen-bond donors (Lipinski definition) is 0. The Balaban J connectivity index is 4.24. The molecule has 1 atom stereocenters. The molecule has 0 bridgehead atoms. The molecule has 0 fully saturated rings. The minimum atomic E-state index is -0.761. The Morgan fingerprint density at radius 2 is 0.579 bits per heavy atom. The maximum atomic E-state index is 12.7.